The molecule has 2 nitrogen and oxygen atoms in total. The van der Waals surface area contributed by atoms with Crippen molar-refractivity contribution in [2.45, 2.75) is 51.0 Å². The van der Waals surface area contributed by atoms with Gasteiger partial charge in [0.05, 0.1) is 6.61 Å². The van der Waals surface area contributed by atoms with E-state index in [0.717, 1.165) is 6.42 Å². The van der Waals surface area contributed by atoms with Crippen molar-refractivity contribution in [1.82, 2.24) is 0 Å². The van der Waals surface area contributed by atoms with E-state index >= 15 is 0 Å². The first-order valence-electron chi connectivity index (χ1n) is 6.20. The van der Waals surface area contributed by atoms with Crippen molar-refractivity contribution in [1.29, 1.82) is 0 Å². The summed E-state index contributed by atoms with van der Waals surface area (Å²) < 4.78 is 0. The fourth-order valence-corrected chi connectivity index (χ4v) is 3.53. The fourth-order valence-electron chi connectivity index (χ4n) is 2.38. The molecule has 3 heteroatoms. The summed E-state index contributed by atoms with van der Waals surface area (Å²) in [5, 5.41) is 9.30. The molecule has 3 N–H and O–H groups in total. The highest BCUT2D eigenvalue weighted by Crippen LogP contribution is 2.36. The van der Waals surface area contributed by atoms with Crippen molar-refractivity contribution in [3.63, 3.8) is 0 Å². The molecule has 0 aromatic carbocycles. The molecule has 0 heterocycles. The molecule has 2 unspecified atom stereocenters. The molecule has 90 valence electrons. The van der Waals surface area contributed by atoms with Gasteiger partial charge in [0.25, 0.3) is 0 Å². The summed E-state index contributed by atoms with van der Waals surface area (Å²) in [7, 11) is 0. The summed E-state index contributed by atoms with van der Waals surface area (Å²) in [6, 6.07) is 0. The van der Waals surface area contributed by atoms with Gasteiger partial charge < -0.3 is 10.8 Å². The molecule has 0 aromatic heterocycles. The van der Waals surface area contributed by atoms with Crippen LogP contribution >= 0.6 is 11.8 Å². The second-order valence-corrected chi connectivity index (χ2v) is 5.96. The van der Waals surface area contributed by atoms with Crippen LogP contribution in [-0.4, -0.2) is 28.8 Å². The lowest BCUT2D eigenvalue weighted by molar-refractivity contribution is 0.158. The van der Waals surface area contributed by atoms with Crippen LogP contribution in [0.4, 0.5) is 0 Å². The highest BCUT2D eigenvalue weighted by Gasteiger charge is 2.38. The van der Waals surface area contributed by atoms with Crippen molar-refractivity contribution in [2.75, 3.05) is 18.1 Å². The summed E-state index contributed by atoms with van der Waals surface area (Å²) in [5.41, 5.74) is 5.93. The zero-order chi connectivity index (χ0) is 11.1. The van der Waals surface area contributed by atoms with E-state index in [4.69, 9.17) is 5.73 Å². The van der Waals surface area contributed by atoms with Gasteiger partial charge in [-0.15, -0.1) is 0 Å². The Balaban J connectivity index is 2.15. The highest BCUT2D eigenvalue weighted by molar-refractivity contribution is 7.99. The molecule has 0 bridgehead atoms. The molecular weight excluding hydrogens is 206 g/mol. The second-order valence-electron chi connectivity index (χ2n) is 4.74. The maximum atomic E-state index is 9.30. The van der Waals surface area contributed by atoms with Crippen LogP contribution in [0, 0.1) is 5.92 Å². The zero-order valence-corrected chi connectivity index (χ0v) is 10.7. The van der Waals surface area contributed by atoms with Crippen molar-refractivity contribution < 1.29 is 5.11 Å². The summed E-state index contributed by atoms with van der Waals surface area (Å²) in [5.74, 6) is 3.04. The molecule has 1 fully saturated rings. The minimum atomic E-state index is -0.259. The first-order valence-corrected chi connectivity index (χ1v) is 7.36. The van der Waals surface area contributed by atoms with E-state index in [9.17, 15) is 5.11 Å². The SMILES string of the molecule is CCCCSCCC1CCCC1(N)CO. The van der Waals surface area contributed by atoms with Crippen LogP contribution in [0.5, 0.6) is 0 Å². The van der Waals surface area contributed by atoms with Gasteiger partial charge in [0.2, 0.25) is 0 Å². The third-order valence-corrected chi connectivity index (χ3v) is 4.66. The Kier molecular flexibility index (Phi) is 6.02. The van der Waals surface area contributed by atoms with Crippen LogP contribution in [-0.2, 0) is 0 Å². The summed E-state index contributed by atoms with van der Waals surface area (Å²) in [6.45, 7) is 2.39. The Morgan fingerprint density at radius 1 is 1.47 bits per heavy atom. The van der Waals surface area contributed by atoms with Gasteiger partial charge in [0.15, 0.2) is 0 Å². The van der Waals surface area contributed by atoms with E-state index in [1.165, 1.54) is 43.6 Å². The van der Waals surface area contributed by atoms with Crippen molar-refractivity contribution >= 4 is 11.8 Å². The Labute approximate surface area is 98.0 Å². The van der Waals surface area contributed by atoms with E-state index in [1.807, 2.05) is 11.8 Å². The number of hydrogen-bond donors (Lipinski definition) is 2. The Morgan fingerprint density at radius 2 is 2.27 bits per heavy atom. The number of nitrogens with two attached hydrogens (primary N) is 1. The Bertz CT molecular complexity index is 177. The summed E-state index contributed by atoms with van der Waals surface area (Å²) in [6.07, 6.45) is 7.21. The average Bonchev–Trinajstić information content (AvgIpc) is 2.61. The molecule has 0 aromatic rings. The van der Waals surface area contributed by atoms with Gasteiger partial charge in [0.1, 0.15) is 0 Å². The lowest BCUT2D eigenvalue weighted by Crippen LogP contribution is -2.47. The maximum absolute atomic E-state index is 9.30. The highest BCUT2D eigenvalue weighted by atomic mass is 32.2. The minimum Gasteiger partial charge on any atom is -0.394 e. The lowest BCUT2D eigenvalue weighted by atomic mass is 9.87. The number of aliphatic hydroxyl groups excluding tert-OH is 1. The molecule has 1 aliphatic rings. The number of thioether (sulfide) groups is 1. The second kappa shape index (κ2) is 6.77. The Morgan fingerprint density at radius 3 is 2.93 bits per heavy atom. The molecule has 1 aliphatic carbocycles. The molecule has 0 spiro atoms. The monoisotopic (exact) mass is 231 g/mol. The van der Waals surface area contributed by atoms with E-state index in [2.05, 4.69) is 6.92 Å². The fraction of sp³-hybridized carbons (Fsp3) is 1.00. The number of unbranched alkanes of at least 4 members (excludes halogenated alkanes) is 1. The quantitative estimate of drug-likeness (QED) is 0.661. The summed E-state index contributed by atoms with van der Waals surface area (Å²) in [4.78, 5) is 0. The molecule has 2 atom stereocenters. The topological polar surface area (TPSA) is 46.2 Å². The molecule has 15 heavy (non-hydrogen) atoms. The predicted molar refractivity (Wildman–Crippen MR) is 68.2 cm³/mol. The van der Waals surface area contributed by atoms with Crippen LogP contribution in [0.15, 0.2) is 0 Å². The van der Waals surface area contributed by atoms with E-state index in [-0.39, 0.29) is 12.1 Å². The third-order valence-electron chi connectivity index (χ3n) is 3.56. The first kappa shape index (κ1) is 13.3. The largest absolute Gasteiger partial charge is 0.394 e. The molecule has 0 amide bonds. The maximum Gasteiger partial charge on any atom is 0.0613 e. The van der Waals surface area contributed by atoms with Crippen LogP contribution in [0.3, 0.4) is 0 Å². The van der Waals surface area contributed by atoms with Crippen LogP contribution in [0.1, 0.15) is 45.4 Å². The van der Waals surface area contributed by atoms with Crippen LogP contribution < -0.4 is 5.73 Å². The van der Waals surface area contributed by atoms with Crippen molar-refractivity contribution in [2.24, 2.45) is 11.7 Å². The van der Waals surface area contributed by atoms with Gasteiger partial charge in [-0.1, -0.05) is 19.8 Å². The predicted octanol–water partition coefficient (Wildman–Crippen LogP) is 2.40. The normalized spacial score (nSPS) is 31.0. The zero-order valence-electron chi connectivity index (χ0n) is 9.87. The molecular formula is C12H25NOS. The molecule has 0 saturated heterocycles. The average molecular weight is 231 g/mol. The van der Waals surface area contributed by atoms with Gasteiger partial charge >= 0.3 is 0 Å². The lowest BCUT2D eigenvalue weighted by Gasteiger charge is -2.29. The smallest absolute Gasteiger partial charge is 0.0613 e. The van der Waals surface area contributed by atoms with Crippen LogP contribution in [0.2, 0.25) is 0 Å². The standard InChI is InChI=1S/C12H25NOS/c1-2-3-8-15-9-6-11-5-4-7-12(11,13)10-14/h11,14H,2-10,13H2,1H3. The van der Waals surface area contributed by atoms with Gasteiger partial charge in [-0.3, -0.25) is 0 Å². The third kappa shape index (κ3) is 3.97. The van der Waals surface area contributed by atoms with E-state index < -0.39 is 0 Å². The Hall–Kier alpha value is 0.270. The van der Waals surface area contributed by atoms with Crippen molar-refractivity contribution in [3.05, 3.63) is 0 Å². The van der Waals surface area contributed by atoms with Crippen LogP contribution in [0.25, 0.3) is 0 Å². The molecule has 1 rings (SSSR count). The molecule has 0 aliphatic heterocycles. The van der Waals surface area contributed by atoms with Gasteiger partial charge in [-0.2, -0.15) is 11.8 Å². The van der Waals surface area contributed by atoms with Gasteiger partial charge in [-0.25, -0.2) is 0 Å². The number of aliphatic hydroxyl groups is 1. The number of rotatable bonds is 7. The molecule has 0 radical (unpaired) electrons. The molecule has 1 saturated carbocycles. The van der Waals surface area contributed by atoms with E-state index in [0.29, 0.717) is 5.92 Å². The first-order chi connectivity index (χ1) is 7.23. The van der Waals surface area contributed by atoms with Gasteiger partial charge in [0, 0.05) is 5.54 Å². The number of hydrogen-bond acceptors (Lipinski definition) is 3. The minimum absolute atomic E-state index is 0.164. The van der Waals surface area contributed by atoms with Crippen molar-refractivity contribution in [3.8, 4) is 0 Å². The summed E-state index contributed by atoms with van der Waals surface area (Å²) >= 11 is 2.04. The van der Waals surface area contributed by atoms with E-state index in [1.54, 1.807) is 0 Å². The van der Waals surface area contributed by atoms with Gasteiger partial charge in [-0.05, 0) is 43.1 Å².